The molecule has 0 fully saturated rings. The molecule has 0 bridgehead atoms. The Kier molecular flexibility index (Phi) is 4.47. The van der Waals surface area contributed by atoms with Crippen molar-refractivity contribution >= 4 is 67.1 Å². The van der Waals surface area contributed by atoms with E-state index < -0.39 is 12.4 Å². The predicted molar refractivity (Wildman–Crippen MR) is 87.1 cm³/mol. The van der Waals surface area contributed by atoms with Crippen LogP contribution in [0.15, 0.2) is 60.7 Å². The molecule has 18 heavy (non-hydrogen) atoms. The third-order valence-electron chi connectivity index (χ3n) is 2.73. The third kappa shape index (κ3) is 2.64. The first-order valence-electron chi connectivity index (χ1n) is 5.33. The molecular formula is C12H10Cl4Si2. The van der Waals surface area contributed by atoms with Crippen LogP contribution in [0.3, 0.4) is 0 Å². The van der Waals surface area contributed by atoms with Gasteiger partial charge in [-0.3, -0.25) is 0 Å². The van der Waals surface area contributed by atoms with E-state index in [1.807, 2.05) is 60.7 Å². The molecule has 0 aliphatic heterocycles. The van der Waals surface area contributed by atoms with Crippen molar-refractivity contribution in [2.75, 3.05) is 0 Å². The zero-order chi connectivity index (χ0) is 13.2. The Labute approximate surface area is 127 Å². The Bertz CT molecular complexity index is 471. The van der Waals surface area contributed by atoms with Gasteiger partial charge in [-0.05, 0) is 10.4 Å². The van der Waals surface area contributed by atoms with Crippen molar-refractivity contribution in [3.63, 3.8) is 0 Å². The highest BCUT2D eigenvalue weighted by atomic mass is 35.9. The number of hydrogen-bond acceptors (Lipinski definition) is 0. The summed E-state index contributed by atoms with van der Waals surface area (Å²) in [6, 6.07) is 19.3. The molecule has 0 spiro atoms. The van der Waals surface area contributed by atoms with Crippen LogP contribution in [0.2, 0.25) is 0 Å². The monoisotopic (exact) mass is 350 g/mol. The second kappa shape index (κ2) is 5.57. The van der Waals surface area contributed by atoms with Gasteiger partial charge in [0.1, 0.15) is 0 Å². The van der Waals surface area contributed by atoms with E-state index in [2.05, 4.69) is 0 Å². The van der Waals surface area contributed by atoms with E-state index in [1.54, 1.807) is 0 Å². The van der Waals surface area contributed by atoms with Gasteiger partial charge in [0, 0.05) is 0 Å². The number of rotatable bonds is 3. The first-order chi connectivity index (χ1) is 8.46. The predicted octanol–water partition coefficient (Wildman–Crippen LogP) is 3.72. The van der Waals surface area contributed by atoms with Gasteiger partial charge in [0.15, 0.2) is 0 Å². The summed E-state index contributed by atoms with van der Waals surface area (Å²) in [5.74, 6) is 0. The van der Waals surface area contributed by atoms with Crippen LogP contribution >= 0.6 is 44.3 Å². The molecule has 0 heterocycles. The van der Waals surface area contributed by atoms with Gasteiger partial charge in [0.2, 0.25) is 0 Å². The van der Waals surface area contributed by atoms with Crippen molar-refractivity contribution in [1.82, 2.24) is 0 Å². The van der Waals surface area contributed by atoms with Crippen LogP contribution in [-0.2, 0) is 0 Å². The first kappa shape index (κ1) is 14.4. The fraction of sp³-hybridized carbons (Fsp3) is 0. The van der Waals surface area contributed by atoms with Crippen LogP contribution < -0.4 is 10.4 Å². The molecule has 0 atom stereocenters. The molecule has 0 saturated heterocycles. The Morgan fingerprint density at radius 1 is 0.556 bits per heavy atom. The lowest BCUT2D eigenvalue weighted by Gasteiger charge is -2.30. The first-order valence-corrected chi connectivity index (χ1v) is 14.4. The van der Waals surface area contributed by atoms with Crippen LogP contribution in [0.4, 0.5) is 0 Å². The summed E-state index contributed by atoms with van der Waals surface area (Å²) in [6.45, 7) is -2.80. The van der Waals surface area contributed by atoms with Gasteiger partial charge in [-0.25, -0.2) is 0 Å². The summed E-state index contributed by atoms with van der Waals surface area (Å²) < 4.78 is 0. The van der Waals surface area contributed by atoms with Crippen LogP contribution in [0.25, 0.3) is 0 Å². The van der Waals surface area contributed by atoms with Crippen molar-refractivity contribution in [3.8, 4) is 0 Å². The van der Waals surface area contributed by atoms with Gasteiger partial charge >= 0.3 is 5.52 Å². The maximum Gasteiger partial charge on any atom is 0.351 e. The molecule has 0 nitrogen and oxygen atoms in total. The maximum absolute atomic E-state index is 6.87. The van der Waals surface area contributed by atoms with Gasteiger partial charge in [0.25, 0.3) is 6.90 Å². The van der Waals surface area contributed by atoms with E-state index in [0.717, 1.165) is 10.4 Å². The Morgan fingerprint density at radius 2 is 0.889 bits per heavy atom. The molecular weight excluding hydrogens is 342 g/mol. The van der Waals surface area contributed by atoms with E-state index in [4.69, 9.17) is 44.3 Å². The summed E-state index contributed by atoms with van der Waals surface area (Å²) in [5.41, 5.74) is -3.07. The molecule has 0 N–H and O–H groups in total. The molecule has 6 heteroatoms. The fourth-order valence-corrected chi connectivity index (χ4v) is 13.7. The van der Waals surface area contributed by atoms with Crippen molar-refractivity contribution < 1.29 is 0 Å². The van der Waals surface area contributed by atoms with Crippen LogP contribution in [-0.4, -0.2) is 12.4 Å². The summed E-state index contributed by atoms with van der Waals surface area (Å²) in [4.78, 5) is 0. The van der Waals surface area contributed by atoms with Gasteiger partial charge in [-0.1, -0.05) is 60.7 Å². The highest BCUT2D eigenvalue weighted by Crippen LogP contribution is 2.33. The smallest absolute Gasteiger partial charge is 0.154 e. The summed E-state index contributed by atoms with van der Waals surface area (Å²) in [5, 5.41) is 1.90. The number of hydrogen-bond donors (Lipinski definition) is 0. The van der Waals surface area contributed by atoms with Crippen LogP contribution in [0, 0.1) is 0 Å². The number of benzene rings is 2. The van der Waals surface area contributed by atoms with E-state index in [1.165, 1.54) is 0 Å². The molecule has 0 amide bonds. The minimum absolute atomic E-state index is 0.949. The maximum atomic E-state index is 6.87. The van der Waals surface area contributed by atoms with E-state index in [9.17, 15) is 0 Å². The molecule has 0 saturated carbocycles. The van der Waals surface area contributed by atoms with Gasteiger partial charge in [-0.2, -0.15) is 11.1 Å². The summed E-state index contributed by atoms with van der Waals surface area (Å²) >= 11 is 25.8. The van der Waals surface area contributed by atoms with Crippen molar-refractivity contribution in [2.24, 2.45) is 0 Å². The third-order valence-corrected chi connectivity index (χ3v) is 24.0. The molecule has 0 aromatic heterocycles. The minimum atomic E-state index is -3.07. The second-order valence-electron chi connectivity index (χ2n) is 3.89. The van der Waals surface area contributed by atoms with E-state index in [0.29, 0.717) is 0 Å². The number of halogens is 4. The highest BCUT2D eigenvalue weighted by Gasteiger charge is 2.56. The molecule has 0 unspecified atom stereocenters. The Morgan fingerprint density at radius 3 is 1.17 bits per heavy atom. The van der Waals surface area contributed by atoms with Crippen molar-refractivity contribution in [2.45, 2.75) is 0 Å². The topological polar surface area (TPSA) is 0 Å². The van der Waals surface area contributed by atoms with Crippen LogP contribution in [0.5, 0.6) is 0 Å². The quantitative estimate of drug-likeness (QED) is 0.584. The molecule has 0 radical (unpaired) electrons. The van der Waals surface area contributed by atoms with Gasteiger partial charge in [0.05, 0.1) is 0 Å². The molecule has 2 aromatic rings. The molecule has 0 aliphatic rings. The largest absolute Gasteiger partial charge is 0.351 e. The SMILES string of the molecule is Cl[Si](Cl)(Cl)[Si](Cl)(c1ccccc1)c1ccccc1. The molecule has 94 valence electrons. The Hall–Kier alpha value is 0.0338. The lowest BCUT2D eigenvalue weighted by Crippen LogP contribution is -2.66. The zero-order valence-corrected chi connectivity index (χ0v) is 14.3. The summed E-state index contributed by atoms with van der Waals surface area (Å²) in [6.07, 6.45) is 0. The molecule has 2 rings (SSSR count). The average Bonchev–Trinajstić information content (AvgIpc) is 2.38. The van der Waals surface area contributed by atoms with Gasteiger partial charge < -0.3 is 0 Å². The molecule has 0 aliphatic carbocycles. The lowest BCUT2D eigenvalue weighted by molar-refractivity contribution is 1.74. The second-order valence-corrected chi connectivity index (χ2v) is 24.2. The highest BCUT2D eigenvalue weighted by molar-refractivity contribution is 7.99. The summed E-state index contributed by atoms with van der Waals surface area (Å²) in [7, 11) is 0. The molecule has 2 aromatic carbocycles. The Balaban J connectivity index is 2.63. The van der Waals surface area contributed by atoms with Crippen molar-refractivity contribution in [3.05, 3.63) is 60.7 Å². The normalized spacial score (nSPS) is 12.4. The van der Waals surface area contributed by atoms with Crippen molar-refractivity contribution in [1.29, 1.82) is 0 Å². The fourth-order valence-electron chi connectivity index (χ4n) is 1.83. The minimum Gasteiger partial charge on any atom is -0.154 e. The average molecular weight is 352 g/mol. The standard InChI is InChI=1S/C12H10Cl4Si2/c13-17(18(14,15)16,11-7-3-1-4-8-11)12-9-5-2-6-10-12/h1-10H. The van der Waals surface area contributed by atoms with E-state index in [-0.39, 0.29) is 0 Å². The zero-order valence-electron chi connectivity index (χ0n) is 9.29. The lowest BCUT2D eigenvalue weighted by atomic mass is 10.4. The van der Waals surface area contributed by atoms with E-state index >= 15 is 0 Å². The van der Waals surface area contributed by atoms with Crippen LogP contribution in [0.1, 0.15) is 0 Å². The van der Waals surface area contributed by atoms with Gasteiger partial charge in [-0.15, -0.1) is 33.2 Å².